The monoisotopic (exact) mass is 384 g/mol. The van der Waals surface area contributed by atoms with E-state index in [0.29, 0.717) is 5.13 Å². The molecule has 1 amide bonds. The summed E-state index contributed by atoms with van der Waals surface area (Å²) in [6, 6.07) is 11.7. The second kappa shape index (κ2) is 8.18. The average molecular weight is 384 g/mol. The molecule has 0 saturated heterocycles. The number of thiazole rings is 1. The van der Waals surface area contributed by atoms with E-state index in [1.165, 1.54) is 11.3 Å². The number of rotatable bonds is 6. The standard InChI is InChI=1S/C20H20N2O4S/c1-4-26-19(24)17-11-27-20(21-17)22-18(23)12(2)13-5-6-15-10-16(25-3)8-7-14(15)9-13/h5-12H,4H2,1-3H3,(H,21,22,23)/t12-/m0/s1. The first-order valence-electron chi connectivity index (χ1n) is 8.53. The van der Waals surface area contributed by atoms with Crippen molar-refractivity contribution in [2.24, 2.45) is 0 Å². The van der Waals surface area contributed by atoms with Crippen LogP contribution in [0.15, 0.2) is 41.8 Å². The van der Waals surface area contributed by atoms with Gasteiger partial charge >= 0.3 is 5.97 Å². The highest BCUT2D eigenvalue weighted by atomic mass is 32.1. The summed E-state index contributed by atoms with van der Waals surface area (Å²) in [4.78, 5) is 28.4. The van der Waals surface area contributed by atoms with Crippen molar-refractivity contribution in [3.05, 3.63) is 53.0 Å². The molecule has 0 unspecified atom stereocenters. The Kier molecular flexibility index (Phi) is 5.71. The van der Waals surface area contributed by atoms with Gasteiger partial charge in [0.25, 0.3) is 0 Å². The second-order valence-electron chi connectivity index (χ2n) is 5.94. The summed E-state index contributed by atoms with van der Waals surface area (Å²) in [6.07, 6.45) is 0. The largest absolute Gasteiger partial charge is 0.497 e. The van der Waals surface area contributed by atoms with Crippen LogP contribution in [-0.2, 0) is 9.53 Å². The van der Waals surface area contributed by atoms with Crippen molar-refractivity contribution in [1.29, 1.82) is 0 Å². The van der Waals surface area contributed by atoms with Crippen LogP contribution in [0.5, 0.6) is 5.75 Å². The molecule has 1 aromatic heterocycles. The van der Waals surface area contributed by atoms with Gasteiger partial charge in [0.15, 0.2) is 10.8 Å². The molecule has 1 heterocycles. The SMILES string of the molecule is CCOC(=O)c1csc(NC(=O)[C@@H](C)c2ccc3cc(OC)ccc3c2)n1. The molecule has 3 aromatic rings. The molecule has 0 aliphatic heterocycles. The zero-order valence-corrected chi connectivity index (χ0v) is 16.1. The lowest BCUT2D eigenvalue weighted by Crippen LogP contribution is -2.19. The number of anilines is 1. The predicted octanol–water partition coefficient (Wildman–Crippen LogP) is 4.22. The summed E-state index contributed by atoms with van der Waals surface area (Å²) in [5, 5.41) is 6.79. The Balaban J connectivity index is 1.73. The number of hydrogen-bond acceptors (Lipinski definition) is 6. The number of methoxy groups -OCH3 is 1. The van der Waals surface area contributed by atoms with E-state index in [4.69, 9.17) is 9.47 Å². The van der Waals surface area contributed by atoms with Gasteiger partial charge in [-0.05, 0) is 42.3 Å². The van der Waals surface area contributed by atoms with E-state index in [9.17, 15) is 9.59 Å². The van der Waals surface area contributed by atoms with Crippen LogP contribution in [0.2, 0.25) is 0 Å². The average Bonchev–Trinajstić information content (AvgIpc) is 3.15. The summed E-state index contributed by atoms with van der Waals surface area (Å²) in [5.74, 6) is -0.256. The van der Waals surface area contributed by atoms with Gasteiger partial charge in [0.2, 0.25) is 5.91 Å². The predicted molar refractivity (Wildman–Crippen MR) is 106 cm³/mol. The molecule has 0 aliphatic carbocycles. The summed E-state index contributed by atoms with van der Waals surface area (Å²) in [6.45, 7) is 3.84. The fraction of sp³-hybridized carbons (Fsp3) is 0.250. The molecule has 0 bridgehead atoms. The maximum atomic E-state index is 12.6. The fourth-order valence-electron chi connectivity index (χ4n) is 2.63. The minimum Gasteiger partial charge on any atom is -0.497 e. The highest BCUT2D eigenvalue weighted by Gasteiger charge is 2.18. The van der Waals surface area contributed by atoms with E-state index in [1.807, 2.05) is 43.3 Å². The number of fused-ring (bicyclic) bond motifs is 1. The number of amides is 1. The molecule has 7 heteroatoms. The maximum absolute atomic E-state index is 12.6. The van der Waals surface area contributed by atoms with Gasteiger partial charge in [-0.25, -0.2) is 9.78 Å². The second-order valence-corrected chi connectivity index (χ2v) is 6.80. The van der Waals surface area contributed by atoms with Crippen LogP contribution in [0.25, 0.3) is 10.8 Å². The number of aromatic nitrogens is 1. The molecule has 140 valence electrons. The van der Waals surface area contributed by atoms with Crippen LogP contribution in [-0.4, -0.2) is 30.6 Å². The molecular weight excluding hydrogens is 364 g/mol. The van der Waals surface area contributed by atoms with Gasteiger partial charge in [-0.15, -0.1) is 11.3 Å². The highest BCUT2D eigenvalue weighted by molar-refractivity contribution is 7.14. The molecule has 0 fully saturated rings. The van der Waals surface area contributed by atoms with Crippen molar-refractivity contribution in [1.82, 2.24) is 4.98 Å². The Morgan fingerprint density at radius 1 is 1.19 bits per heavy atom. The molecule has 1 atom stereocenters. The van der Waals surface area contributed by atoms with Gasteiger partial charge < -0.3 is 14.8 Å². The maximum Gasteiger partial charge on any atom is 0.357 e. The van der Waals surface area contributed by atoms with Gasteiger partial charge in [-0.2, -0.15) is 0 Å². The molecule has 0 radical (unpaired) electrons. The fourth-order valence-corrected chi connectivity index (χ4v) is 3.32. The molecule has 6 nitrogen and oxygen atoms in total. The molecule has 0 spiro atoms. The number of benzene rings is 2. The number of esters is 1. The van der Waals surface area contributed by atoms with Crippen molar-refractivity contribution < 1.29 is 19.1 Å². The zero-order chi connectivity index (χ0) is 19.4. The van der Waals surface area contributed by atoms with E-state index in [0.717, 1.165) is 22.1 Å². The van der Waals surface area contributed by atoms with E-state index in [2.05, 4.69) is 10.3 Å². The van der Waals surface area contributed by atoms with Crippen molar-refractivity contribution >= 4 is 39.1 Å². The first-order valence-corrected chi connectivity index (χ1v) is 9.41. The summed E-state index contributed by atoms with van der Waals surface area (Å²) in [7, 11) is 1.63. The van der Waals surface area contributed by atoms with Crippen LogP contribution in [0, 0.1) is 0 Å². The molecule has 3 rings (SSSR count). The van der Waals surface area contributed by atoms with Gasteiger partial charge in [0.05, 0.1) is 19.6 Å². The molecule has 0 saturated carbocycles. The lowest BCUT2D eigenvalue weighted by Gasteiger charge is -2.12. The van der Waals surface area contributed by atoms with Gasteiger partial charge in [-0.1, -0.05) is 24.3 Å². The van der Waals surface area contributed by atoms with Gasteiger partial charge in [-0.3, -0.25) is 4.79 Å². The Hall–Kier alpha value is -2.93. The summed E-state index contributed by atoms with van der Waals surface area (Å²) < 4.78 is 10.1. The Morgan fingerprint density at radius 2 is 1.93 bits per heavy atom. The molecule has 27 heavy (non-hydrogen) atoms. The first-order chi connectivity index (χ1) is 13.0. The quantitative estimate of drug-likeness (QED) is 0.644. The summed E-state index contributed by atoms with van der Waals surface area (Å²) in [5.41, 5.74) is 1.09. The number of hydrogen-bond donors (Lipinski definition) is 1. The van der Waals surface area contributed by atoms with E-state index in [1.54, 1.807) is 19.4 Å². The van der Waals surface area contributed by atoms with Gasteiger partial charge in [0.1, 0.15) is 5.75 Å². The number of nitrogens with one attached hydrogen (secondary N) is 1. The number of nitrogens with zero attached hydrogens (tertiary/aromatic N) is 1. The molecular formula is C20H20N2O4S. The number of ether oxygens (including phenoxy) is 2. The van der Waals surface area contributed by atoms with Crippen molar-refractivity contribution in [2.75, 3.05) is 19.0 Å². The minimum absolute atomic E-state index is 0.187. The molecule has 0 aliphatic rings. The third-order valence-electron chi connectivity index (χ3n) is 4.18. The van der Waals surface area contributed by atoms with Crippen LogP contribution in [0.4, 0.5) is 5.13 Å². The smallest absolute Gasteiger partial charge is 0.357 e. The summed E-state index contributed by atoms with van der Waals surface area (Å²) >= 11 is 1.19. The third kappa shape index (κ3) is 4.25. The van der Waals surface area contributed by atoms with Crippen molar-refractivity contribution in [2.45, 2.75) is 19.8 Å². The minimum atomic E-state index is -0.493. The first kappa shape index (κ1) is 18.8. The van der Waals surface area contributed by atoms with Gasteiger partial charge in [0, 0.05) is 5.38 Å². The number of carbonyl (C=O) groups is 2. The highest BCUT2D eigenvalue weighted by Crippen LogP contribution is 2.26. The van der Waals surface area contributed by atoms with E-state index in [-0.39, 0.29) is 24.1 Å². The van der Waals surface area contributed by atoms with Crippen molar-refractivity contribution in [3.8, 4) is 5.75 Å². The van der Waals surface area contributed by atoms with Crippen LogP contribution in [0.1, 0.15) is 35.8 Å². The van der Waals surface area contributed by atoms with Crippen LogP contribution >= 0.6 is 11.3 Å². The van der Waals surface area contributed by atoms with Crippen LogP contribution in [0.3, 0.4) is 0 Å². The van der Waals surface area contributed by atoms with E-state index >= 15 is 0 Å². The Labute approximate surface area is 161 Å². The molecule has 1 N–H and O–H groups in total. The Bertz CT molecular complexity index is 983. The zero-order valence-electron chi connectivity index (χ0n) is 15.3. The lowest BCUT2D eigenvalue weighted by atomic mass is 9.97. The third-order valence-corrected chi connectivity index (χ3v) is 4.94. The topological polar surface area (TPSA) is 77.5 Å². The Morgan fingerprint density at radius 3 is 2.67 bits per heavy atom. The van der Waals surface area contributed by atoms with Crippen molar-refractivity contribution in [3.63, 3.8) is 0 Å². The molecule has 2 aromatic carbocycles. The van der Waals surface area contributed by atoms with Crippen LogP contribution < -0.4 is 10.1 Å². The lowest BCUT2D eigenvalue weighted by molar-refractivity contribution is -0.117. The number of carbonyl (C=O) groups excluding carboxylic acids is 2. The van der Waals surface area contributed by atoms with E-state index < -0.39 is 5.97 Å². The normalized spacial score (nSPS) is 11.8.